The van der Waals surface area contributed by atoms with Gasteiger partial charge in [0, 0.05) is 68.3 Å². The summed E-state index contributed by atoms with van der Waals surface area (Å²) in [5.74, 6) is -0.673. The topological polar surface area (TPSA) is 90.3 Å². The van der Waals surface area contributed by atoms with Gasteiger partial charge in [0.2, 0.25) is 5.91 Å². The molecule has 224 valence electrons. The van der Waals surface area contributed by atoms with E-state index in [0.29, 0.717) is 68.2 Å². The van der Waals surface area contributed by atoms with Crippen molar-refractivity contribution >= 4 is 40.4 Å². The smallest absolute Gasteiger partial charge is 0.340 e. The lowest BCUT2D eigenvalue weighted by Crippen LogP contribution is -2.47. The van der Waals surface area contributed by atoms with Crippen LogP contribution in [0.2, 0.25) is 0 Å². The molecule has 0 unspecified atom stereocenters. The summed E-state index contributed by atoms with van der Waals surface area (Å²) in [6.45, 7) is 4.63. The monoisotopic (exact) mass is 610 g/mol. The van der Waals surface area contributed by atoms with Gasteiger partial charge in [-0.3, -0.25) is 23.7 Å². The number of anilines is 1. The highest BCUT2D eigenvalue weighted by Gasteiger charge is 2.32. The number of pyridine rings is 1. The number of hydrogen-bond acceptors (Lipinski definition) is 6. The van der Waals surface area contributed by atoms with Crippen LogP contribution in [0.3, 0.4) is 0 Å². The number of thiophene rings is 1. The number of imidazole rings is 1. The van der Waals surface area contributed by atoms with Crippen molar-refractivity contribution in [2.75, 3.05) is 38.0 Å². The Kier molecular flexibility index (Phi) is 7.69. The first-order valence-corrected chi connectivity index (χ1v) is 14.8. The third-order valence-electron chi connectivity index (χ3n) is 7.92. The van der Waals surface area contributed by atoms with Crippen LogP contribution in [-0.4, -0.2) is 74.5 Å². The molecule has 3 aromatic heterocycles. The Labute approximate surface area is 249 Å². The molecule has 2 aliphatic rings. The molecule has 0 atom stereocenters. The lowest BCUT2D eigenvalue weighted by Gasteiger charge is -2.34. The van der Waals surface area contributed by atoms with Crippen molar-refractivity contribution in [3.63, 3.8) is 0 Å². The molecule has 1 N–H and O–H groups in total. The van der Waals surface area contributed by atoms with E-state index in [0.717, 1.165) is 22.6 Å². The number of benzene rings is 1. The van der Waals surface area contributed by atoms with E-state index in [1.807, 2.05) is 23.1 Å². The molecule has 1 aromatic carbocycles. The first-order chi connectivity index (χ1) is 20.6. The largest absolute Gasteiger partial charge is 0.416 e. The van der Waals surface area contributed by atoms with Crippen LogP contribution in [0.15, 0.2) is 54.2 Å². The number of piperazine rings is 1. The van der Waals surface area contributed by atoms with Crippen molar-refractivity contribution in [1.82, 2.24) is 24.1 Å². The molecule has 5 heterocycles. The summed E-state index contributed by atoms with van der Waals surface area (Å²) in [6.07, 6.45) is -0.798. The number of rotatable bonds is 5. The van der Waals surface area contributed by atoms with E-state index in [1.54, 1.807) is 38.0 Å². The molecule has 1 saturated heterocycles. The summed E-state index contributed by atoms with van der Waals surface area (Å²) >= 11 is 1.36. The molecule has 0 saturated carbocycles. The van der Waals surface area contributed by atoms with Crippen LogP contribution in [0.4, 0.5) is 18.9 Å². The van der Waals surface area contributed by atoms with Crippen LogP contribution in [0, 0.1) is 0 Å². The lowest BCUT2D eigenvalue weighted by molar-refractivity contribution is -0.137. The van der Waals surface area contributed by atoms with E-state index in [-0.39, 0.29) is 24.0 Å². The Morgan fingerprint density at radius 2 is 1.81 bits per heavy atom. The van der Waals surface area contributed by atoms with Gasteiger partial charge in [-0.1, -0.05) is 6.07 Å². The minimum absolute atomic E-state index is 0.0226. The molecule has 1 fully saturated rings. The van der Waals surface area contributed by atoms with Crippen LogP contribution in [0.25, 0.3) is 5.65 Å². The fraction of sp³-hybridized carbons (Fsp3) is 0.333. The molecular weight excluding hydrogens is 581 g/mol. The molecule has 3 amide bonds. The van der Waals surface area contributed by atoms with Gasteiger partial charge in [-0.25, -0.2) is 4.98 Å². The van der Waals surface area contributed by atoms with Crippen molar-refractivity contribution in [2.24, 2.45) is 0 Å². The Morgan fingerprint density at radius 1 is 1.02 bits per heavy atom. The van der Waals surface area contributed by atoms with Crippen LogP contribution in [0.1, 0.15) is 49.3 Å². The van der Waals surface area contributed by atoms with Crippen molar-refractivity contribution in [3.05, 3.63) is 87.0 Å². The summed E-state index contributed by atoms with van der Waals surface area (Å²) in [4.78, 5) is 48.8. The molecule has 9 nitrogen and oxygen atoms in total. The van der Waals surface area contributed by atoms with Gasteiger partial charge in [0.15, 0.2) is 0 Å². The van der Waals surface area contributed by atoms with Gasteiger partial charge in [0.05, 0.1) is 23.9 Å². The second-order valence-corrected chi connectivity index (χ2v) is 11.7. The van der Waals surface area contributed by atoms with Crippen LogP contribution < -0.4 is 5.32 Å². The molecule has 43 heavy (non-hydrogen) atoms. The summed E-state index contributed by atoms with van der Waals surface area (Å²) in [6, 6.07) is 9.12. The maximum absolute atomic E-state index is 13.8. The number of amides is 3. The van der Waals surface area contributed by atoms with Crippen LogP contribution >= 0.6 is 11.3 Å². The van der Waals surface area contributed by atoms with Crippen molar-refractivity contribution < 1.29 is 27.6 Å². The molecule has 13 heteroatoms. The Bertz CT molecular complexity index is 1710. The van der Waals surface area contributed by atoms with Gasteiger partial charge < -0.3 is 15.1 Å². The van der Waals surface area contributed by atoms with E-state index in [2.05, 4.69) is 10.3 Å². The zero-order valence-electron chi connectivity index (χ0n) is 23.4. The quantitative estimate of drug-likeness (QED) is 0.359. The van der Waals surface area contributed by atoms with Gasteiger partial charge in [-0.05, 0) is 47.9 Å². The predicted molar refractivity (Wildman–Crippen MR) is 155 cm³/mol. The van der Waals surface area contributed by atoms with Crippen LogP contribution in [-0.2, 0) is 30.5 Å². The Morgan fingerprint density at radius 3 is 2.56 bits per heavy atom. The highest BCUT2D eigenvalue weighted by molar-refractivity contribution is 7.10. The zero-order valence-corrected chi connectivity index (χ0v) is 24.2. The normalized spacial score (nSPS) is 15.9. The summed E-state index contributed by atoms with van der Waals surface area (Å²) < 4.78 is 43.1. The molecule has 0 radical (unpaired) electrons. The fourth-order valence-electron chi connectivity index (χ4n) is 5.64. The number of nitrogens with zero attached hydrogens (tertiary/aromatic N) is 5. The van der Waals surface area contributed by atoms with E-state index in [4.69, 9.17) is 0 Å². The maximum atomic E-state index is 13.8. The molecule has 0 bridgehead atoms. The first-order valence-electron chi connectivity index (χ1n) is 13.9. The van der Waals surface area contributed by atoms with Gasteiger partial charge in [0.25, 0.3) is 11.8 Å². The molecule has 4 aromatic rings. The lowest BCUT2D eigenvalue weighted by atomic mass is 10.0. The number of alkyl halides is 3. The minimum Gasteiger partial charge on any atom is -0.340 e. The average Bonchev–Trinajstić information content (AvgIpc) is 3.61. The number of halogens is 3. The summed E-state index contributed by atoms with van der Waals surface area (Å²) in [7, 11) is 0. The first kappa shape index (κ1) is 28.9. The van der Waals surface area contributed by atoms with E-state index < -0.39 is 17.6 Å². The van der Waals surface area contributed by atoms with Gasteiger partial charge in [-0.15, -0.1) is 11.3 Å². The van der Waals surface area contributed by atoms with E-state index in [1.165, 1.54) is 18.3 Å². The second kappa shape index (κ2) is 11.5. The number of fused-ring (bicyclic) bond motifs is 2. The average molecular weight is 611 g/mol. The highest BCUT2D eigenvalue weighted by Crippen LogP contribution is 2.34. The Balaban J connectivity index is 1.17. The summed E-state index contributed by atoms with van der Waals surface area (Å²) in [5, 5.41) is 4.39. The Hall–Kier alpha value is -4.23. The maximum Gasteiger partial charge on any atom is 0.416 e. The van der Waals surface area contributed by atoms with Crippen molar-refractivity contribution in [2.45, 2.75) is 32.6 Å². The number of hydrogen-bond donors (Lipinski definition) is 1. The molecule has 0 spiro atoms. The van der Waals surface area contributed by atoms with Gasteiger partial charge >= 0.3 is 6.18 Å². The molecular formula is C30H29F3N6O3S. The second-order valence-electron chi connectivity index (χ2n) is 10.8. The number of carbonyl (C=O) groups is 3. The van der Waals surface area contributed by atoms with Crippen molar-refractivity contribution in [1.29, 1.82) is 0 Å². The molecule has 6 rings (SSSR count). The predicted octanol–water partition coefficient (Wildman–Crippen LogP) is 4.53. The standard InChI is InChI=1S/C30H29F3N6O3S/c1-19(40)37-10-8-36(9-11-37)16-20-12-21(30(31,32)33)14-22(13-20)35-28(41)24-18-43-26-17-38(7-5-23(24)26)29(42)25-15-34-27-4-2-3-6-39(25)27/h2-4,6,12-15,18H,5,7-11,16-17H2,1H3,(H,35,41). The number of aromatic nitrogens is 2. The van der Waals surface area contributed by atoms with Crippen LogP contribution in [0.5, 0.6) is 0 Å². The molecule has 2 aliphatic heterocycles. The molecule has 0 aliphatic carbocycles. The third kappa shape index (κ3) is 6.00. The highest BCUT2D eigenvalue weighted by atomic mass is 32.1. The van der Waals surface area contributed by atoms with Gasteiger partial charge in [0.1, 0.15) is 11.3 Å². The van der Waals surface area contributed by atoms with E-state index in [9.17, 15) is 27.6 Å². The van der Waals surface area contributed by atoms with E-state index >= 15 is 0 Å². The minimum atomic E-state index is -4.58. The number of carbonyl (C=O) groups excluding carboxylic acids is 3. The number of nitrogens with one attached hydrogen (secondary N) is 1. The summed E-state index contributed by atoms with van der Waals surface area (Å²) in [5.41, 5.74) is 1.99. The van der Waals surface area contributed by atoms with Gasteiger partial charge in [-0.2, -0.15) is 13.2 Å². The third-order valence-corrected chi connectivity index (χ3v) is 8.93. The SMILES string of the molecule is CC(=O)N1CCN(Cc2cc(NC(=O)c3csc4c3CCN(C(=O)c3cnc5ccccn35)C4)cc(C(F)(F)F)c2)CC1. The zero-order chi connectivity index (χ0) is 30.3. The fourth-order valence-corrected chi connectivity index (χ4v) is 6.74. The van der Waals surface area contributed by atoms with Crippen molar-refractivity contribution in [3.8, 4) is 0 Å².